The predicted octanol–water partition coefficient (Wildman–Crippen LogP) is 3.22. The molecule has 1 rings (SSSR count). The highest BCUT2D eigenvalue weighted by Crippen LogP contribution is 2.25. The summed E-state index contributed by atoms with van der Waals surface area (Å²) in [5, 5.41) is 3.59. The molecule has 16 heavy (non-hydrogen) atoms. The van der Waals surface area contributed by atoms with Crippen molar-refractivity contribution in [2.24, 2.45) is 11.8 Å². The Morgan fingerprint density at radius 1 is 1.25 bits per heavy atom. The van der Waals surface area contributed by atoms with Crippen LogP contribution in [0.3, 0.4) is 0 Å². The van der Waals surface area contributed by atoms with Crippen molar-refractivity contribution in [2.75, 3.05) is 19.8 Å². The van der Waals surface area contributed by atoms with Gasteiger partial charge in [-0.25, -0.2) is 0 Å². The molecule has 0 spiro atoms. The lowest BCUT2D eigenvalue weighted by atomic mass is 9.86. The van der Waals surface area contributed by atoms with Gasteiger partial charge in [0.15, 0.2) is 0 Å². The standard InChI is InChI=1S/C14H29NO/c1-4-5-14(11-15-12(2)3)10-13-6-8-16-9-7-13/h12-15H,4-11H2,1-3H3. The summed E-state index contributed by atoms with van der Waals surface area (Å²) in [6, 6.07) is 0.619. The second kappa shape index (κ2) is 8.08. The first-order valence-electron chi connectivity index (χ1n) is 7.03. The zero-order valence-corrected chi connectivity index (χ0v) is 11.3. The lowest BCUT2D eigenvalue weighted by Crippen LogP contribution is -2.30. The minimum absolute atomic E-state index is 0.619. The van der Waals surface area contributed by atoms with Crippen LogP contribution in [0.1, 0.15) is 52.9 Å². The van der Waals surface area contributed by atoms with Crippen LogP contribution >= 0.6 is 0 Å². The maximum atomic E-state index is 5.42. The van der Waals surface area contributed by atoms with E-state index in [2.05, 4.69) is 26.1 Å². The van der Waals surface area contributed by atoms with Crippen LogP contribution in [0, 0.1) is 11.8 Å². The Bertz CT molecular complexity index is 164. The third-order valence-corrected chi connectivity index (χ3v) is 3.52. The van der Waals surface area contributed by atoms with E-state index in [0.717, 1.165) is 25.0 Å². The molecule has 1 fully saturated rings. The van der Waals surface area contributed by atoms with Crippen molar-refractivity contribution in [1.29, 1.82) is 0 Å². The molecule has 1 atom stereocenters. The lowest BCUT2D eigenvalue weighted by Gasteiger charge is -2.27. The normalized spacial score (nSPS) is 20.2. The van der Waals surface area contributed by atoms with Gasteiger partial charge in [0, 0.05) is 19.3 Å². The largest absolute Gasteiger partial charge is 0.381 e. The maximum absolute atomic E-state index is 5.42. The van der Waals surface area contributed by atoms with E-state index in [0.29, 0.717) is 6.04 Å². The molecule has 96 valence electrons. The molecule has 0 aromatic heterocycles. The molecular formula is C14H29NO. The maximum Gasteiger partial charge on any atom is 0.0468 e. The zero-order chi connectivity index (χ0) is 11.8. The Kier molecular flexibility index (Phi) is 7.06. The minimum atomic E-state index is 0.619. The molecule has 1 aliphatic rings. The van der Waals surface area contributed by atoms with Crippen LogP contribution in [0.5, 0.6) is 0 Å². The summed E-state index contributed by atoms with van der Waals surface area (Å²) < 4.78 is 5.42. The summed E-state index contributed by atoms with van der Waals surface area (Å²) in [7, 11) is 0. The van der Waals surface area contributed by atoms with Gasteiger partial charge in [-0.1, -0.05) is 27.2 Å². The lowest BCUT2D eigenvalue weighted by molar-refractivity contribution is 0.0578. The van der Waals surface area contributed by atoms with Crippen molar-refractivity contribution >= 4 is 0 Å². The van der Waals surface area contributed by atoms with Gasteiger partial charge in [-0.2, -0.15) is 0 Å². The smallest absolute Gasteiger partial charge is 0.0468 e. The summed E-state index contributed by atoms with van der Waals surface area (Å²) in [6.07, 6.45) is 6.64. The topological polar surface area (TPSA) is 21.3 Å². The number of hydrogen-bond acceptors (Lipinski definition) is 2. The van der Waals surface area contributed by atoms with Crippen LogP contribution < -0.4 is 5.32 Å². The molecular weight excluding hydrogens is 198 g/mol. The summed E-state index contributed by atoms with van der Waals surface area (Å²) >= 11 is 0. The molecule has 2 nitrogen and oxygen atoms in total. The number of nitrogens with one attached hydrogen (secondary N) is 1. The van der Waals surface area contributed by atoms with Crippen LogP contribution in [0.4, 0.5) is 0 Å². The highest BCUT2D eigenvalue weighted by atomic mass is 16.5. The van der Waals surface area contributed by atoms with Gasteiger partial charge in [0.25, 0.3) is 0 Å². The molecule has 1 N–H and O–H groups in total. The average Bonchev–Trinajstić information content (AvgIpc) is 2.27. The van der Waals surface area contributed by atoms with E-state index in [1.807, 2.05) is 0 Å². The van der Waals surface area contributed by atoms with Crippen molar-refractivity contribution in [2.45, 2.75) is 58.9 Å². The van der Waals surface area contributed by atoms with Crippen molar-refractivity contribution in [3.63, 3.8) is 0 Å². The number of hydrogen-bond donors (Lipinski definition) is 1. The van der Waals surface area contributed by atoms with Crippen LogP contribution in [-0.4, -0.2) is 25.8 Å². The highest BCUT2D eigenvalue weighted by molar-refractivity contribution is 4.71. The fourth-order valence-electron chi connectivity index (χ4n) is 2.57. The van der Waals surface area contributed by atoms with Crippen LogP contribution in [-0.2, 0) is 4.74 Å². The summed E-state index contributed by atoms with van der Waals surface area (Å²) in [5.74, 6) is 1.79. The van der Waals surface area contributed by atoms with Crippen molar-refractivity contribution in [3.05, 3.63) is 0 Å². The van der Waals surface area contributed by atoms with E-state index in [-0.39, 0.29) is 0 Å². The SMILES string of the molecule is CCCC(CNC(C)C)CC1CCOCC1. The van der Waals surface area contributed by atoms with E-state index < -0.39 is 0 Å². The number of rotatable bonds is 7. The Hall–Kier alpha value is -0.0800. The molecule has 0 amide bonds. The van der Waals surface area contributed by atoms with Crippen LogP contribution in [0.2, 0.25) is 0 Å². The Balaban J connectivity index is 2.25. The Morgan fingerprint density at radius 3 is 2.50 bits per heavy atom. The van der Waals surface area contributed by atoms with E-state index in [9.17, 15) is 0 Å². The van der Waals surface area contributed by atoms with E-state index >= 15 is 0 Å². The Labute approximate surface area is 101 Å². The fraction of sp³-hybridized carbons (Fsp3) is 1.00. The first kappa shape index (κ1) is 14.0. The zero-order valence-electron chi connectivity index (χ0n) is 11.3. The van der Waals surface area contributed by atoms with E-state index in [1.54, 1.807) is 0 Å². The van der Waals surface area contributed by atoms with Gasteiger partial charge in [-0.15, -0.1) is 0 Å². The van der Waals surface area contributed by atoms with Gasteiger partial charge < -0.3 is 10.1 Å². The molecule has 0 radical (unpaired) electrons. The van der Waals surface area contributed by atoms with E-state index in [4.69, 9.17) is 4.74 Å². The summed E-state index contributed by atoms with van der Waals surface area (Å²) in [4.78, 5) is 0. The second-order valence-electron chi connectivity index (χ2n) is 5.51. The van der Waals surface area contributed by atoms with Crippen molar-refractivity contribution in [3.8, 4) is 0 Å². The van der Waals surface area contributed by atoms with Gasteiger partial charge in [0.1, 0.15) is 0 Å². The van der Waals surface area contributed by atoms with Gasteiger partial charge >= 0.3 is 0 Å². The van der Waals surface area contributed by atoms with Crippen LogP contribution in [0.15, 0.2) is 0 Å². The monoisotopic (exact) mass is 227 g/mol. The highest BCUT2D eigenvalue weighted by Gasteiger charge is 2.18. The molecule has 1 unspecified atom stereocenters. The van der Waals surface area contributed by atoms with Crippen molar-refractivity contribution in [1.82, 2.24) is 5.32 Å². The molecule has 0 aromatic carbocycles. The van der Waals surface area contributed by atoms with Gasteiger partial charge in [0.2, 0.25) is 0 Å². The molecule has 1 heterocycles. The minimum Gasteiger partial charge on any atom is -0.381 e. The molecule has 0 aromatic rings. The third-order valence-electron chi connectivity index (χ3n) is 3.52. The predicted molar refractivity (Wildman–Crippen MR) is 69.7 cm³/mol. The third kappa shape index (κ3) is 5.86. The summed E-state index contributed by atoms with van der Waals surface area (Å²) in [6.45, 7) is 9.94. The van der Waals surface area contributed by atoms with Crippen molar-refractivity contribution < 1.29 is 4.74 Å². The van der Waals surface area contributed by atoms with Gasteiger partial charge in [-0.05, 0) is 44.1 Å². The Morgan fingerprint density at radius 2 is 1.94 bits per heavy atom. The molecule has 1 aliphatic heterocycles. The fourth-order valence-corrected chi connectivity index (χ4v) is 2.57. The first-order chi connectivity index (χ1) is 7.72. The molecule has 0 aliphatic carbocycles. The average molecular weight is 227 g/mol. The number of ether oxygens (including phenoxy) is 1. The van der Waals surface area contributed by atoms with Gasteiger partial charge in [0.05, 0.1) is 0 Å². The molecule has 2 heteroatoms. The molecule has 1 saturated heterocycles. The summed E-state index contributed by atoms with van der Waals surface area (Å²) in [5.41, 5.74) is 0. The molecule has 0 saturated carbocycles. The van der Waals surface area contributed by atoms with E-state index in [1.165, 1.54) is 38.6 Å². The van der Waals surface area contributed by atoms with Crippen LogP contribution in [0.25, 0.3) is 0 Å². The quantitative estimate of drug-likeness (QED) is 0.721. The van der Waals surface area contributed by atoms with Gasteiger partial charge in [-0.3, -0.25) is 0 Å². The molecule has 0 bridgehead atoms. The first-order valence-corrected chi connectivity index (χ1v) is 7.03. The second-order valence-corrected chi connectivity index (χ2v) is 5.51.